The number of carbonyl (C=O) groups is 1. The predicted molar refractivity (Wildman–Crippen MR) is 99.3 cm³/mol. The van der Waals surface area contributed by atoms with Gasteiger partial charge in [-0.2, -0.15) is 0 Å². The SMILES string of the molecule is CCCNC(=O)/C(=C\c1ccc(Br)s1)c1nc2ccccc2[nH]1. The molecule has 0 aliphatic heterocycles. The molecule has 0 radical (unpaired) electrons. The number of amides is 1. The minimum Gasteiger partial charge on any atom is -0.352 e. The first kappa shape index (κ1) is 16.0. The number of aromatic amines is 1. The van der Waals surface area contributed by atoms with Crippen molar-refractivity contribution < 1.29 is 4.79 Å². The van der Waals surface area contributed by atoms with Gasteiger partial charge in [0.2, 0.25) is 0 Å². The number of hydrogen-bond acceptors (Lipinski definition) is 3. The van der Waals surface area contributed by atoms with Gasteiger partial charge in [0.15, 0.2) is 0 Å². The number of H-pyrrole nitrogens is 1. The molecule has 23 heavy (non-hydrogen) atoms. The van der Waals surface area contributed by atoms with E-state index in [4.69, 9.17) is 0 Å². The van der Waals surface area contributed by atoms with Crippen LogP contribution < -0.4 is 5.32 Å². The van der Waals surface area contributed by atoms with Crippen molar-refractivity contribution in [3.8, 4) is 0 Å². The maximum atomic E-state index is 12.5. The molecule has 0 aliphatic carbocycles. The van der Waals surface area contributed by atoms with Crippen molar-refractivity contribution in [3.05, 3.63) is 50.9 Å². The van der Waals surface area contributed by atoms with Crippen LogP contribution in [0.5, 0.6) is 0 Å². The van der Waals surface area contributed by atoms with Crippen LogP contribution in [0.2, 0.25) is 0 Å². The molecule has 0 aliphatic rings. The van der Waals surface area contributed by atoms with E-state index in [9.17, 15) is 4.79 Å². The third-order valence-electron chi connectivity index (χ3n) is 3.31. The summed E-state index contributed by atoms with van der Waals surface area (Å²) in [6.07, 6.45) is 2.77. The lowest BCUT2D eigenvalue weighted by Gasteiger charge is -2.05. The molecule has 1 amide bonds. The third kappa shape index (κ3) is 3.71. The van der Waals surface area contributed by atoms with Crippen molar-refractivity contribution in [2.45, 2.75) is 13.3 Å². The minimum atomic E-state index is -0.115. The highest BCUT2D eigenvalue weighted by atomic mass is 79.9. The average molecular weight is 390 g/mol. The summed E-state index contributed by atoms with van der Waals surface area (Å²) >= 11 is 5.03. The zero-order valence-corrected chi connectivity index (χ0v) is 15.0. The highest BCUT2D eigenvalue weighted by Crippen LogP contribution is 2.27. The number of hydrogen-bond donors (Lipinski definition) is 2. The molecule has 3 aromatic rings. The molecule has 118 valence electrons. The quantitative estimate of drug-likeness (QED) is 0.633. The Morgan fingerprint density at radius 2 is 2.17 bits per heavy atom. The standard InChI is InChI=1S/C17H16BrN3OS/c1-2-9-19-17(22)12(10-11-7-8-15(18)23-11)16-20-13-5-3-4-6-14(13)21-16/h3-8,10H,2,9H2,1H3,(H,19,22)(H,20,21)/b12-10-. The second-order valence-corrected chi connectivity index (χ2v) is 7.55. The number of fused-ring (bicyclic) bond motifs is 1. The molecule has 0 spiro atoms. The van der Waals surface area contributed by atoms with Gasteiger partial charge in [-0.25, -0.2) is 4.98 Å². The zero-order chi connectivity index (χ0) is 16.2. The van der Waals surface area contributed by atoms with Gasteiger partial charge in [-0.1, -0.05) is 19.1 Å². The summed E-state index contributed by atoms with van der Waals surface area (Å²) in [5.74, 6) is 0.472. The second-order valence-electron chi connectivity index (χ2n) is 5.06. The average Bonchev–Trinajstić information content (AvgIpc) is 3.15. The highest BCUT2D eigenvalue weighted by Gasteiger charge is 2.16. The number of thiophene rings is 1. The van der Waals surface area contributed by atoms with Gasteiger partial charge in [-0.15, -0.1) is 11.3 Å². The van der Waals surface area contributed by atoms with E-state index in [1.54, 1.807) is 11.3 Å². The lowest BCUT2D eigenvalue weighted by Crippen LogP contribution is -2.25. The molecule has 4 nitrogen and oxygen atoms in total. The number of rotatable bonds is 5. The van der Waals surface area contributed by atoms with Crippen molar-refractivity contribution >= 4 is 55.9 Å². The highest BCUT2D eigenvalue weighted by molar-refractivity contribution is 9.11. The Balaban J connectivity index is 2.03. The fourth-order valence-electron chi connectivity index (χ4n) is 2.20. The maximum absolute atomic E-state index is 12.5. The fourth-order valence-corrected chi connectivity index (χ4v) is 3.57. The Bertz CT molecular complexity index is 832. The number of benzene rings is 1. The largest absolute Gasteiger partial charge is 0.352 e. The molecule has 2 aromatic heterocycles. The van der Waals surface area contributed by atoms with Crippen molar-refractivity contribution in [3.63, 3.8) is 0 Å². The summed E-state index contributed by atoms with van der Waals surface area (Å²) < 4.78 is 1.03. The number of nitrogens with one attached hydrogen (secondary N) is 2. The number of nitrogens with zero attached hydrogens (tertiary/aromatic N) is 1. The van der Waals surface area contributed by atoms with Crippen LogP contribution in [0, 0.1) is 0 Å². The van der Waals surface area contributed by atoms with Crippen LogP contribution in [0.1, 0.15) is 24.0 Å². The summed E-state index contributed by atoms with van der Waals surface area (Å²) in [6.45, 7) is 2.67. The smallest absolute Gasteiger partial charge is 0.255 e. The Morgan fingerprint density at radius 1 is 1.35 bits per heavy atom. The Labute approximate surface area is 146 Å². The van der Waals surface area contributed by atoms with Gasteiger partial charge in [0.25, 0.3) is 5.91 Å². The Hall–Kier alpha value is -1.92. The normalized spacial score (nSPS) is 11.8. The van der Waals surface area contributed by atoms with Crippen molar-refractivity contribution in [1.82, 2.24) is 15.3 Å². The lowest BCUT2D eigenvalue weighted by atomic mass is 10.2. The van der Waals surface area contributed by atoms with Crippen LogP contribution in [0.25, 0.3) is 22.7 Å². The van der Waals surface area contributed by atoms with E-state index < -0.39 is 0 Å². The molecule has 2 N–H and O–H groups in total. The van der Waals surface area contributed by atoms with E-state index in [1.165, 1.54) is 0 Å². The molecule has 3 rings (SSSR count). The summed E-state index contributed by atoms with van der Waals surface area (Å²) in [6, 6.07) is 11.7. The second kappa shape index (κ2) is 7.10. The number of carbonyl (C=O) groups excluding carboxylic acids is 1. The Morgan fingerprint density at radius 3 is 2.87 bits per heavy atom. The van der Waals surface area contributed by atoms with Gasteiger partial charge in [0.05, 0.1) is 20.4 Å². The molecule has 0 atom stereocenters. The van der Waals surface area contributed by atoms with Gasteiger partial charge in [0.1, 0.15) is 5.82 Å². The molecule has 0 fully saturated rings. The van der Waals surface area contributed by atoms with Gasteiger partial charge in [0, 0.05) is 11.4 Å². The van der Waals surface area contributed by atoms with Gasteiger partial charge in [-0.3, -0.25) is 4.79 Å². The maximum Gasteiger partial charge on any atom is 0.255 e. The Kier molecular flexibility index (Phi) is 4.93. The monoisotopic (exact) mass is 389 g/mol. The van der Waals surface area contributed by atoms with Crippen LogP contribution in [0.4, 0.5) is 0 Å². The first-order valence-electron chi connectivity index (χ1n) is 7.37. The summed E-state index contributed by atoms with van der Waals surface area (Å²) in [5, 5.41) is 2.93. The van der Waals surface area contributed by atoms with Gasteiger partial charge in [-0.05, 0) is 52.7 Å². The van der Waals surface area contributed by atoms with Crippen LogP contribution in [0.3, 0.4) is 0 Å². The van der Waals surface area contributed by atoms with E-state index in [2.05, 4.69) is 31.2 Å². The molecule has 2 heterocycles. The zero-order valence-electron chi connectivity index (χ0n) is 12.6. The first-order valence-corrected chi connectivity index (χ1v) is 8.98. The van der Waals surface area contributed by atoms with E-state index in [0.717, 1.165) is 26.1 Å². The molecule has 1 aromatic carbocycles. The van der Waals surface area contributed by atoms with Gasteiger partial charge < -0.3 is 10.3 Å². The first-order chi connectivity index (χ1) is 11.2. The third-order valence-corrected chi connectivity index (χ3v) is 4.88. The molecular formula is C17H16BrN3OS. The van der Waals surface area contributed by atoms with Crippen LogP contribution >= 0.6 is 27.3 Å². The molecule has 0 bridgehead atoms. The van der Waals surface area contributed by atoms with Crippen LogP contribution in [-0.4, -0.2) is 22.4 Å². The molecular weight excluding hydrogens is 374 g/mol. The minimum absolute atomic E-state index is 0.115. The van der Waals surface area contributed by atoms with Crippen molar-refractivity contribution in [2.24, 2.45) is 0 Å². The van der Waals surface area contributed by atoms with Gasteiger partial charge >= 0.3 is 0 Å². The number of aromatic nitrogens is 2. The van der Waals surface area contributed by atoms with E-state index >= 15 is 0 Å². The number of halogens is 1. The summed E-state index contributed by atoms with van der Waals surface area (Å²) in [4.78, 5) is 21.3. The van der Waals surface area contributed by atoms with E-state index in [0.29, 0.717) is 17.9 Å². The van der Waals surface area contributed by atoms with Crippen molar-refractivity contribution in [2.75, 3.05) is 6.54 Å². The lowest BCUT2D eigenvalue weighted by molar-refractivity contribution is -0.115. The number of para-hydroxylation sites is 2. The van der Waals surface area contributed by atoms with E-state index in [1.807, 2.05) is 49.4 Å². The molecule has 0 saturated carbocycles. The molecule has 0 unspecified atom stereocenters. The molecule has 6 heteroatoms. The summed E-state index contributed by atoms with van der Waals surface area (Å²) in [5.41, 5.74) is 2.32. The van der Waals surface area contributed by atoms with Crippen LogP contribution in [-0.2, 0) is 4.79 Å². The predicted octanol–water partition coefficient (Wildman–Crippen LogP) is 4.45. The number of imidazole rings is 1. The van der Waals surface area contributed by atoms with E-state index in [-0.39, 0.29) is 5.91 Å². The van der Waals surface area contributed by atoms with Crippen molar-refractivity contribution in [1.29, 1.82) is 0 Å². The summed E-state index contributed by atoms with van der Waals surface area (Å²) in [7, 11) is 0. The topological polar surface area (TPSA) is 57.8 Å². The molecule has 0 saturated heterocycles. The van der Waals surface area contributed by atoms with Crippen LogP contribution in [0.15, 0.2) is 40.2 Å². The fraction of sp³-hybridized carbons (Fsp3) is 0.176.